The second-order valence-corrected chi connectivity index (χ2v) is 4.13. The van der Waals surface area contributed by atoms with Crippen molar-refractivity contribution in [2.75, 3.05) is 20.1 Å². The Kier molecular flexibility index (Phi) is 2.83. The van der Waals surface area contributed by atoms with Crippen LogP contribution >= 0.6 is 0 Å². The van der Waals surface area contributed by atoms with Crippen molar-refractivity contribution in [3.8, 4) is 0 Å². The van der Waals surface area contributed by atoms with Gasteiger partial charge in [-0.1, -0.05) is 0 Å². The molecule has 0 atom stereocenters. The van der Waals surface area contributed by atoms with Gasteiger partial charge < -0.3 is 0 Å². The van der Waals surface area contributed by atoms with Crippen molar-refractivity contribution >= 4 is 10.2 Å². The van der Waals surface area contributed by atoms with Gasteiger partial charge in [0.15, 0.2) is 0 Å². The lowest BCUT2D eigenvalue weighted by atomic mass is 10.4. The van der Waals surface area contributed by atoms with Crippen LogP contribution in [0.2, 0.25) is 0 Å². The molecule has 1 rings (SSSR count). The third kappa shape index (κ3) is 2.13. The predicted molar refractivity (Wildman–Crippen MR) is 41.9 cm³/mol. The highest BCUT2D eigenvalue weighted by Crippen LogP contribution is 2.10. The molecule has 0 radical (unpaired) electrons. The zero-order valence-electron chi connectivity index (χ0n) is 6.50. The van der Waals surface area contributed by atoms with E-state index in [-0.39, 0.29) is 0 Å². The van der Waals surface area contributed by atoms with E-state index in [2.05, 4.69) is 10.3 Å². The van der Waals surface area contributed by atoms with Gasteiger partial charge in [0.1, 0.15) is 0 Å². The summed E-state index contributed by atoms with van der Waals surface area (Å²) >= 11 is 0. The first-order valence-corrected chi connectivity index (χ1v) is 5.04. The summed E-state index contributed by atoms with van der Waals surface area (Å²) in [5, 5.41) is 0. The van der Waals surface area contributed by atoms with E-state index in [9.17, 15) is 8.42 Å². The summed E-state index contributed by atoms with van der Waals surface area (Å²) in [7, 11) is -1.70. The predicted octanol–water partition coefficient (Wildman–Crippen LogP) is -0.949. The Hall–Kier alpha value is -0.170. The first-order chi connectivity index (χ1) is 5.17. The average molecular weight is 179 g/mol. The molecule has 5 nitrogen and oxygen atoms in total. The molecule has 1 saturated heterocycles. The Labute approximate surface area is 66.9 Å². The molecular formula is C5H13N3O2S. The Balaban J connectivity index is 2.56. The Bertz CT molecular complexity index is 208. The molecule has 0 bridgehead atoms. The lowest BCUT2D eigenvalue weighted by Gasteiger charge is -2.14. The van der Waals surface area contributed by atoms with E-state index < -0.39 is 10.2 Å². The smallest absolute Gasteiger partial charge is 0.246 e. The van der Waals surface area contributed by atoms with Crippen molar-refractivity contribution in [2.45, 2.75) is 12.8 Å². The van der Waals surface area contributed by atoms with Crippen molar-refractivity contribution in [1.29, 1.82) is 0 Å². The maximum absolute atomic E-state index is 11.2. The fourth-order valence-corrected chi connectivity index (χ4v) is 2.25. The lowest BCUT2D eigenvalue weighted by molar-refractivity contribution is 0.458. The summed E-state index contributed by atoms with van der Waals surface area (Å²) in [4.78, 5) is 2.21. The van der Waals surface area contributed by atoms with Crippen molar-refractivity contribution in [3.05, 3.63) is 0 Å². The largest absolute Gasteiger partial charge is 0.292 e. The monoisotopic (exact) mass is 179 g/mol. The fourth-order valence-electron chi connectivity index (χ4n) is 1.12. The minimum absolute atomic E-state index is 0.636. The van der Waals surface area contributed by atoms with E-state index >= 15 is 0 Å². The molecule has 1 aliphatic rings. The van der Waals surface area contributed by atoms with E-state index in [1.54, 1.807) is 0 Å². The third-order valence-electron chi connectivity index (χ3n) is 1.64. The molecule has 6 heteroatoms. The molecule has 1 fully saturated rings. The van der Waals surface area contributed by atoms with Crippen LogP contribution < -0.4 is 10.3 Å². The van der Waals surface area contributed by atoms with Crippen molar-refractivity contribution in [3.63, 3.8) is 0 Å². The minimum Gasteiger partial charge on any atom is -0.246 e. The van der Waals surface area contributed by atoms with Gasteiger partial charge in [0.25, 0.3) is 10.2 Å². The van der Waals surface area contributed by atoms with Crippen molar-refractivity contribution in [1.82, 2.24) is 14.6 Å². The van der Waals surface area contributed by atoms with E-state index in [0.717, 1.165) is 12.8 Å². The molecule has 0 aromatic rings. The van der Waals surface area contributed by atoms with Crippen molar-refractivity contribution in [2.24, 2.45) is 0 Å². The number of hydrogen-bond acceptors (Lipinski definition) is 3. The van der Waals surface area contributed by atoms with E-state index in [4.69, 9.17) is 0 Å². The van der Waals surface area contributed by atoms with Gasteiger partial charge in [0.2, 0.25) is 0 Å². The summed E-state index contributed by atoms with van der Waals surface area (Å²) < 4.78 is 23.8. The second-order valence-electron chi connectivity index (χ2n) is 2.46. The molecule has 0 aliphatic carbocycles. The van der Waals surface area contributed by atoms with Gasteiger partial charge in [-0.25, -0.2) is 5.43 Å². The third-order valence-corrected chi connectivity index (χ3v) is 3.14. The number of hydrazine groups is 1. The normalized spacial score (nSPS) is 20.8. The molecular weight excluding hydrogens is 166 g/mol. The van der Waals surface area contributed by atoms with Crippen LogP contribution in [0.1, 0.15) is 12.8 Å². The first-order valence-electron chi connectivity index (χ1n) is 3.60. The second kappa shape index (κ2) is 3.48. The van der Waals surface area contributed by atoms with Gasteiger partial charge >= 0.3 is 0 Å². The van der Waals surface area contributed by atoms with E-state index in [1.165, 1.54) is 11.4 Å². The standard InChI is InChI=1S/C5H13N3O2S/c1-6-7-11(9,10)8-4-2-3-5-8/h6-7H,2-5H2,1H3. The number of hydrogen-bond donors (Lipinski definition) is 2. The molecule has 0 aromatic heterocycles. The fraction of sp³-hybridized carbons (Fsp3) is 1.00. The number of rotatable bonds is 3. The molecule has 1 heterocycles. The van der Waals surface area contributed by atoms with Crippen LogP contribution in [0.5, 0.6) is 0 Å². The molecule has 0 spiro atoms. The van der Waals surface area contributed by atoms with Gasteiger partial charge in [-0.3, -0.25) is 0 Å². The van der Waals surface area contributed by atoms with Crippen LogP contribution in [0.3, 0.4) is 0 Å². The average Bonchev–Trinajstić information content (AvgIpc) is 2.37. The van der Waals surface area contributed by atoms with Crippen LogP contribution in [0.4, 0.5) is 0 Å². The molecule has 66 valence electrons. The topological polar surface area (TPSA) is 61.4 Å². The summed E-state index contributed by atoms with van der Waals surface area (Å²) in [6.45, 7) is 1.27. The molecule has 0 amide bonds. The first kappa shape index (κ1) is 8.92. The van der Waals surface area contributed by atoms with Crippen LogP contribution in [0.25, 0.3) is 0 Å². The Morgan fingerprint density at radius 1 is 1.27 bits per heavy atom. The highest BCUT2D eigenvalue weighted by atomic mass is 32.2. The lowest BCUT2D eigenvalue weighted by Crippen LogP contribution is -2.44. The number of nitrogens with one attached hydrogen (secondary N) is 2. The SMILES string of the molecule is CNNS(=O)(=O)N1CCCC1. The molecule has 1 aliphatic heterocycles. The number of nitrogens with zero attached hydrogens (tertiary/aromatic N) is 1. The summed E-state index contributed by atoms with van der Waals surface area (Å²) in [5.41, 5.74) is 2.41. The van der Waals surface area contributed by atoms with Gasteiger partial charge in [-0.2, -0.15) is 12.7 Å². The van der Waals surface area contributed by atoms with Gasteiger partial charge in [-0.15, -0.1) is 4.83 Å². The maximum Gasteiger partial charge on any atom is 0.292 e. The van der Waals surface area contributed by atoms with Gasteiger partial charge in [0, 0.05) is 13.1 Å². The van der Waals surface area contributed by atoms with E-state index in [1.807, 2.05) is 0 Å². The summed E-state index contributed by atoms with van der Waals surface area (Å²) in [5.74, 6) is 0. The van der Waals surface area contributed by atoms with Gasteiger partial charge in [0.05, 0.1) is 0 Å². The van der Waals surface area contributed by atoms with Gasteiger partial charge in [-0.05, 0) is 19.9 Å². The van der Waals surface area contributed by atoms with Crippen molar-refractivity contribution < 1.29 is 8.42 Å². The van der Waals surface area contributed by atoms with Crippen LogP contribution in [0.15, 0.2) is 0 Å². The summed E-state index contributed by atoms with van der Waals surface area (Å²) in [6, 6.07) is 0. The van der Waals surface area contributed by atoms with Crippen LogP contribution in [-0.2, 0) is 10.2 Å². The van der Waals surface area contributed by atoms with Crippen LogP contribution in [-0.4, -0.2) is 32.9 Å². The molecule has 0 saturated carbocycles. The highest BCUT2D eigenvalue weighted by molar-refractivity contribution is 7.87. The molecule has 0 aromatic carbocycles. The summed E-state index contributed by atoms with van der Waals surface area (Å²) in [6.07, 6.45) is 1.93. The molecule has 11 heavy (non-hydrogen) atoms. The molecule has 2 N–H and O–H groups in total. The minimum atomic E-state index is -3.24. The highest BCUT2D eigenvalue weighted by Gasteiger charge is 2.23. The molecule has 0 unspecified atom stereocenters. The zero-order valence-corrected chi connectivity index (χ0v) is 7.32. The Morgan fingerprint density at radius 2 is 1.82 bits per heavy atom. The Morgan fingerprint density at radius 3 is 2.27 bits per heavy atom. The van der Waals surface area contributed by atoms with E-state index in [0.29, 0.717) is 13.1 Å². The van der Waals surface area contributed by atoms with Crippen LogP contribution in [0, 0.1) is 0 Å². The maximum atomic E-state index is 11.2. The quantitative estimate of drug-likeness (QED) is 0.549. The zero-order chi connectivity index (χ0) is 8.32.